The smallest absolute Gasteiger partial charge is 0.269 e. The SMILES string of the molecule is COc1ncc(NNC(=O)c2cc(C)nc(Cl)c2)cc1F. The maximum atomic E-state index is 13.4. The maximum Gasteiger partial charge on any atom is 0.269 e. The first-order chi connectivity index (χ1) is 9.99. The Labute approximate surface area is 125 Å². The van der Waals surface area contributed by atoms with Crippen LogP contribution in [0.4, 0.5) is 10.1 Å². The average molecular weight is 311 g/mol. The summed E-state index contributed by atoms with van der Waals surface area (Å²) in [6.07, 6.45) is 1.33. The van der Waals surface area contributed by atoms with Crippen molar-refractivity contribution in [3.8, 4) is 5.88 Å². The van der Waals surface area contributed by atoms with E-state index in [9.17, 15) is 9.18 Å². The number of nitrogens with zero attached hydrogens (tertiary/aromatic N) is 2. The summed E-state index contributed by atoms with van der Waals surface area (Å²) in [5, 5.41) is 0.220. The molecule has 0 fully saturated rings. The molecule has 0 aliphatic heterocycles. The molecule has 2 aromatic rings. The summed E-state index contributed by atoms with van der Waals surface area (Å²) in [5.74, 6) is -1.19. The van der Waals surface area contributed by atoms with E-state index in [4.69, 9.17) is 16.3 Å². The predicted molar refractivity (Wildman–Crippen MR) is 75.8 cm³/mol. The van der Waals surface area contributed by atoms with Gasteiger partial charge in [0.2, 0.25) is 5.88 Å². The van der Waals surface area contributed by atoms with Gasteiger partial charge < -0.3 is 4.74 Å². The molecule has 0 radical (unpaired) electrons. The van der Waals surface area contributed by atoms with Gasteiger partial charge in [-0.3, -0.25) is 15.6 Å². The highest BCUT2D eigenvalue weighted by Crippen LogP contribution is 2.16. The number of aromatic nitrogens is 2. The number of nitrogens with one attached hydrogen (secondary N) is 2. The molecule has 0 unspecified atom stereocenters. The molecule has 0 spiro atoms. The lowest BCUT2D eigenvalue weighted by Gasteiger charge is -2.09. The number of hydrogen-bond acceptors (Lipinski definition) is 5. The Balaban J connectivity index is 2.05. The van der Waals surface area contributed by atoms with Crippen LogP contribution in [0.5, 0.6) is 5.88 Å². The minimum atomic E-state index is -0.639. The third kappa shape index (κ3) is 3.79. The molecule has 8 heteroatoms. The number of amides is 1. The number of methoxy groups -OCH3 is 1. The first-order valence-corrected chi connectivity index (χ1v) is 6.27. The average Bonchev–Trinajstić information content (AvgIpc) is 2.43. The summed E-state index contributed by atoms with van der Waals surface area (Å²) in [6.45, 7) is 1.72. The summed E-state index contributed by atoms with van der Waals surface area (Å²) in [4.78, 5) is 19.6. The second-order valence-electron chi connectivity index (χ2n) is 4.11. The molecule has 0 atom stereocenters. The van der Waals surface area contributed by atoms with Crippen molar-refractivity contribution in [2.75, 3.05) is 12.5 Å². The Morgan fingerprint density at radius 1 is 1.38 bits per heavy atom. The summed E-state index contributed by atoms with van der Waals surface area (Å²) in [6, 6.07) is 4.16. The Morgan fingerprint density at radius 3 is 2.76 bits per heavy atom. The fraction of sp³-hybridized carbons (Fsp3) is 0.154. The first-order valence-electron chi connectivity index (χ1n) is 5.89. The standard InChI is InChI=1S/C13H12ClFN4O2/c1-7-3-8(4-11(14)17-7)12(20)19-18-9-5-10(15)13(21-2)16-6-9/h3-6,18H,1-2H3,(H,19,20). The van der Waals surface area contributed by atoms with Gasteiger partial charge in [-0.15, -0.1) is 0 Å². The number of pyridine rings is 2. The highest BCUT2D eigenvalue weighted by atomic mass is 35.5. The minimum absolute atomic E-state index is 0.122. The predicted octanol–water partition coefficient (Wildman–Crippen LogP) is 2.34. The maximum absolute atomic E-state index is 13.4. The van der Waals surface area contributed by atoms with E-state index < -0.39 is 11.7 Å². The molecule has 6 nitrogen and oxygen atoms in total. The van der Waals surface area contributed by atoms with Gasteiger partial charge in [-0.1, -0.05) is 11.6 Å². The summed E-state index contributed by atoms with van der Waals surface area (Å²) < 4.78 is 18.1. The van der Waals surface area contributed by atoms with Gasteiger partial charge in [0.15, 0.2) is 5.82 Å². The quantitative estimate of drug-likeness (QED) is 0.669. The van der Waals surface area contributed by atoms with Gasteiger partial charge in [0.25, 0.3) is 5.91 Å². The molecule has 2 N–H and O–H groups in total. The minimum Gasteiger partial charge on any atom is -0.479 e. The van der Waals surface area contributed by atoms with Gasteiger partial charge in [-0.2, -0.15) is 0 Å². The first kappa shape index (κ1) is 15.0. The Kier molecular flexibility index (Phi) is 4.54. The van der Waals surface area contributed by atoms with Crippen molar-refractivity contribution in [2.24, 2.45) is 0 Å². The summed E-state index contributed by atoms with van der Waals surface area (Å²) in [5.41, 5.74) is 6.19. The van der Waals surface area contributed by atoms with Crippen LogP contribution in [0, 0.1) is 12.7 Å². The Morgan fingerprint density at radius 2 is 2.14 bits per heavy atom. The summed E-state index contributed by atoms with van der Waals surface area (Å²) in [7, 11) is 1.32. The van der Waals surface area contributed by atoms with Crippen LogP contribution in [0.1, 0.15) is 16.1 Å². The zero-order valence-corrected chi connectivity index (χ0v) is 12.0. The van der Waals surface area contributed by atoms with E-state index in [1.807, 2.05) is 0 Å². The second kappa shape index (κ2) is 6.36. The molecule has 0 aromatic carbocycles. The van der Waals surface area contributed by atoms with Gasteiger partial charge in [0.1, 0.15) is 5.15 Å². The van der Waals surface area contributed by atoms with Crippen LogP contribution < -0.4 is 15.6 Å². The lowest BCUT2D eigenvalue weighted by atomic mass is 10.2. The highest BCUT2D eigenvalue weighted by Gasteiger charge is 2.09. The van der Waals surface area contributed by atoms with Gasteiger partial charge in [-0.25, -0.2) is 14.4 Å². The fourth-order valence-corrected chi connectivity index (χ4v) is 1.86. The van der Waals surface area contributed by atoms with Crippen LogP contribution in [0.2, 0.25) is 5.15 Å². The number of ether oxygens (including phenoxy) is 1. The third-order valence-electron chi connectivity index (χ3n) is 2.51. The van der Waals surface area contributed by atoms with E-state index >= 15 is 0 Å². The van der Waals surface area contributed by atoms with Gasteiger partial charge in [0, 0.05) is 17.3 Å². The van der Waals surface area contributed by atoms with E-state index in [-0.39, 0.29) is 16.7 Å². The van der Waals surface area contributed by atoms with Crippen molar-refractivity contribution in [1.29, 1.82) is 0 Å². The van der Waals surface area contributed by atoms with Crippen molar-refractivity contribution in [1.82, 2.24) is 15.4 Å². The highest BCUT2D eigenvalue weighted by molar-refractivity contribution is 6.29. The number of halogens is 2. The molecule has 0 bridgehead atoms. The zero-order valence-electron chi connectivity index (χ0n) is 11.3. The number of rotatable bonds is 4. The van der Waals surface area contributed by atoms with Gasteiger partial charge >= 0.3 is 0 Å². The number of aryl methyl sites for hydroxylation is 1. The second-order valence-corrected chi connectivity index (χ2v) is 4.50. The van der Waals surface area contributed by atoms with Crippen LogP contribution in [0.15, 0.2) is 24.4 Å². The van der Waals surface area contributed by atoms with Crippen molar-refractivity contribution in [3.63, 3.8) is 0 Å². The normalized spacial score (nSPS) is 10.1. The Hall–Kier alpha value is -2.41. The van der Waals surface area contributed by atoms with Gasteiger partial charge in [-0.05, 0) is 19.1 Å². The molecule has 1 amide bonds. The van der Waals surface area contributed by atoms with E-state index in [2.05, 4.69) is 20.8 Å². The lowest BCUT2D eigenvalue weighted by Crippen LogP contribution is -2.29. The number of carbonyl (C=O) groups excluding carboxylic acids is 1. The van der Waals surface area contributed by atoms with Gasteiger partial charge in [0.05, 0.1) is 19.0 Å². The van der Waals surface area contributed by atoms with Crippen LogP contribution in [-0.2, 0) is 0 Å². The van der Waals surface area contributed by atoms with E-state index in [1.54, 1.807) is 13.0 Å². The third-order valence-corrected chi connectivity index (χ3v) is 2.70. The molecule has 2 heterocycles. The van der Waals surface area contributed by atoms with E-state index in [1.165, 1.54) is 19.4 Å². The van der Waals surface area contributed by atoms with Crippen LogP contribution in [-0.4, -0.2) is 23.0 Å². The molecule has 21 heavy (non-hydrogen) atoms. The Bertz CT molecular complexity index is 661. The number of carbonyl (C=O) groups is 1. The fourth-order valence-electron chi connectivity index (χ4n) is 1.60. The lowest BCUT2D eigenvalue weighted by molar-refractivity contribution is 0.0962. The van der Waals surface area contributed by atoms with E-state index in [0.29, 0.717) is 11.3 Å². The molecule has 0 aliphatic rings. The molecule has 0 saturated carbocycles. The van der Waals surface area contributed by atoms with Crippen LogP contribution in [0.3, 0.4) is 0 Å². The van der Waals surface area contributed by atoms with Crippen LogP contribution >= 0.6 is 11.6 Å². The van der Waals surface area contributed by atoms with Crippen molar-refractivity contribution in [3.05, 3.63) is 46.6 Å². The molecular weight excluding hydrogens is 299 g/mol. The molecule has 0 saturated heterocycles. The van der Waals surface area contributed by atoms with Crippen molar-refractivity contribution < 1.29 is 13.9 Å². The monoisotopic (exact) mass is 310 g/mol. The largest absolute Gasteiger partial charge is 0.479 e. The van der Waals surface area contributed by atoms with Crippen LogP contribution in [0.25, 0.3) is 0 Å². The number of hydrogen-bond donors (Lipinski definition) is 2. The molecule has 0 aliphatic carbocycles. The molecule has 2 aromatic heterocycles. The molecule has 2 rings (SSSR count). The van der Waals surface area contributed by atoms with Crippen molar-refractivity contribution >= 4 is 23.2 Å². The molecule has 110 valence electrons. The molecular formula is C13H12ClFN4O2. The number of hydrazine groups is 1. The zero-order chi connectivity index (χ0) is 15.4. The van der Waals surface area contributed by atoms with Crippen molar-refractivity contribution in [2.45, 2.75) is 6.92 Å². The summed E-state index contributed by atoms with van der Waals surface area (Å²) >= 11 is 5.78. The number of anilines is 1. The van der Waals surface area contributed by atoms with E-state index in [0.717, 1.165) is 6.07 Å². The topological polar surface area (TPSA) is 76.1 Å².